The van der Waals surface area contributed by atoms with Crippen molar-refractivity contribution in [2.75, 3.05) is 13.2 Å². The molecule has 0 aliphatic rings. The maximum Gasteiger partial charge on any atom is 0.224 e. The van der Waals surface area contributed by atoms with Crippen LogP contribution >= 0.6 is 0 Å². The van der Waals surface area contributed by atoms with Gasteiger partial charge in [0.15, 0.2) is 0 Å². The number of aliphatic hydroxyl groups is 1. The highest BCUT2D eigenvalue weighted by Gasteiger charge is 2.04. The molecule has 1 rings (SSSR count). The number of carbonyl (C=O) groups is 1. The van der Waals surface area contributed by atoms with E-state index in [4.69, 9.17) is 5.11 Å². The van der Waals surface area contributed by atoms with Gasteiger partial charge in [0.1, 0.15) is 0 Å². The molecule has 1 aromatic carbocycles. The summed E-state index contributed by atoms with van der Waals surface area (Å²) in [4.78, 5) is 11.6. The molecule has 0 saturated heterocycles. The Balaban J connectivity index is 2.32. The number of amides is 1. The summed E-state index contributed by atoms with van der Waals surface area (Å²) in [5.74, 6) is 0.0484. The number of aryl methyl sites for hydroxylation is 1. The van der Waals surface area contributed by atoms with E-state index in [0.29, 0.717) is 13.0 Å². The van der Waals surface area contributed by atoms with Crippen LogP contribution in [-0.2, 0) is 11.2 Å². The Kier molecular flexibility index (Phi) is 5.57. The predicted molar refractivity (Wildman–Crippen MR) is 64.2 cm³/mol. The molecule has 2 N–H and O–H groups in total. The highest BCUT2D eigenvalue weighted by molar-refractivity contribution is 5.78. The average Bonchev–Trinajstić information content (AvgIpc) is 2.28. The average molecular weight is 221 g/mol. The first-order valence-corrected chi connectivity index (χ1v) is 5.66. The van der Waals surface area contributed by atoms with Crippen molar-refractivity contribution in [2.24, 2.45) is 0 Å². The molecule has 0 unspecified atom stereocenters. The molecule has 0 radical (unpaired) electrons. The van der Waals surface area contributed by atoms with Crippen LogP contribution < -0.4 is 5.32 Å². The van der Waals surface area contributed by atoms with E-state index < -0.39 is 0 Å². The molecule has 0 atom stereocenters. The Morgan fingerprint density at radius 2 is 2.06 bits per heavy atom. The largest absolute Gasteiger partial charge is 0.396 e. The molecular formula is C13H19NO2. The van der Waals surface area contributed by atoms with Crippen LogP contribution in [0.25, 0.3) is 0 Å². The molecule has 0 saturated carbocycles. The first-order valence-electron chi connectivity index (χ1n) is 5.66. The number of aliphatic hydroxyl groups excluding tert-OH is 1. The van der Waals surface area contributed by atoms with Crippen LogP contribution in [0.15, 0.2) is 24.3 Å². The smallest absolute Gasteiger partial charge is 0.224 e. The van der Waals surface area contributed by atoms with Crippen LogP contribution in [0, 0.1) is 6.92 Å². The van der Waals surface area contributed by atoms with Crippen molar-refractivity contribution < 1.29 is 9.90 Å². The zero-order valence-corrected chi connectivity index (χ0v) is 9.70. The highest BCUT2D eigenvalue weighted by Crippen LogP contribution is 2.07. The van der Waals surface area contributed by atoms with Crippen LogP contribution in [0.2, 0.25) is 0 Å². The molecule has 0 aliphatic heterocycles. The fraction of sp³-hybridized carbons (Fsp3) is 0.462. The van der Waals surface area contributed by atoms with Crippen molar-refractivity contribution in [1.29, 1.82) is 0 Å². The van der Waals surface area contributed by atoms with Crippen LogP contribution in [0.1, 0.15) is 24.0 Å². The molecule has 1 amide bonds. The Morgan fingerprint density at radius 3 is 2.75 bits per heavy atom. The van der Waals surface area contributed by atoms with Crippen molar-refractivity contribution in [2.45, 2.75) is 26.2 Å². The molecule has 3 nitrogen and oxygen atoms in total. The molecule has 0 bridgehead atoms. The second-order valence-electron chi connectivity index (χ2n) is 3.88. The normalized spacial score (nSPS) is 10.1. The molecule has 0 spiro atoms. The standard InChI is InChI=1S/C13H19NO2/c1-11-6-2-3-7-12(11)10-13(16)14-8-4-5-9-15/h2-3,6-7,15H,4-5,8-10H2,1H3,(H,14,16). The molecule has 88 valence electrons. The summed E-state index contributed by atoms with van der Waals surface area (Å²) in [7, 11) is 0. The third-order valence-corrected chi connectivity index (χ3v) is 2.52. The SMILES string of the molecule is Cc1ccccc1CC(=O)NCCCCO. The van der Waals surface area contributed by atoms with E-state index in [0.717, 1.165) is 24.0 Å². The van der Waals surface area contributed by atoms with Gasteiger partial charge in [0.25, 0.3) is 0 Å². The molecule has 0 fully saturated rings. The summed E-state index contributed by atoms with van der Waals surface area (Å²) >= 11 is 0. The predicted octanol–water partition coefficient (Wildman–Crippen LogP) is 1.43. The molecule has 16 heavy (non-hydrogen) atoms. The number of hydrogen-bond donors (Lipinski definition) is 2. The lowest BCUT2D eigenvalue weighted by atomic mass is 10.1. The van der Waals surface area contributed by atoms with Gasteiger partial charge < -0.3 is 10.4 Å². The topological polar surface area (TPSA) is 49.3 Å². The van der Waals surface area contributed by atoms with Gasteiger partial charge in [-0.3, -0.25) is 4.79 Å². The number of benzene rings is 1. The lowest BCUT2D eigenvalue weighted by Crippen LogP contribution is -2.26. The van der Waals surface area contributed by atoms with Crippen LogP contribution in [0.5, 0.6) is 0 Å². The fourth-order valence-electron chi connectivity index (χ4n) is 1.51. The molecular weight excluding hydrogens is 202 g/mol. The lowest BCUT2D eigenvalue weighted by Gasteiger charge is -2.06. The minimum absolute atomic E-state index is 0.0484. The first kappa shape index (κ1) is 12.7. The number of hydrogen-bond acceptors (Lipinski definition) is 2. The van der Waals surface area contributed by atoms with Gasteiger partial charge in [0.2, 0.25) is 5.91 Å². The summed E-state index contributed by atoms with van der Waals surface area (Å²) < 4.78 is 0. The van der Waals surface area contributed by atoms with E-state index in [9.17, 15) is 4.79 Å². The fourth-order valence-corrected chi connectivity index (χ4v) is 1.51. The van der Waals surface area contributed by atoms with Crippen LogP contribution in [0.4, 0.5) is 0 Å². The number of unbranched alkanes of at least 4 members (excludes halogenated alkanes) is 1. The lowest BCUT2D eigenvalue weighted by molar-refractivity contribution is -0.120. The number of rotatable bonds is 6. The van der Waals surface area contributed by atoms with Crippen molar-refractivity contribution in [3.63, 3.8) is 0 Å². The van der Waals surface area contributed by atoms with Crippen LogP contribution in [-0.4, -0.2) is 24.2 Å². The monoisotopic (exact) mass is 221 g/mol. The van der Waals surface area contributed by atoms with E-state index >= 15 is 0 Å². The second-order valence-corrected chi connectivity index (χ2v) is 3.88. The van der Waals surface area contributed by atoms with E-state index in [1.807, 2.05) is 31.2 Å². The van der Waals surface area contributed by atoms with E-state index in [1.54, 1.807) is 0 Å². The highest BCUT2D eigenvalue weighted by atomic mass is 16.2. The zero-order chi connectivity index (χ0) is 11.8. The number of nitrogens with one attached hydrogen (secondary N) is 1. The van der Waals surface area contributed by atoms with Gasteiger partial charge in [-0.25, -0.2) is 0 Å². The van der Waals surface area contributed by atoms with E-state index in [1.165, 1.54) is 0 Å². The summed E-state index contributed by atoms with van der Waals surface area (Å²) in [5, 5.41) is 11.4. The molecule has 0 heterocycles. The van der Waals surface area contributed by atoms with Gasteiger partial charge in [-0.15, -0.1) is 0 Å². The maximum atomic E-state index is 11.6. The Morgan fingerprint density at radius 1 is 1.31 bits per heavy atom. The molecule has 0 aromatic heterocycles. The zero-order valence-electron chi connectivity index (χ0n) is 9.70. The maximum absolute atomic E-state index is 11.6. The van der Waals surface area contributed by atoms with Crippen molar-refractivity contribution in [1.82, 2.24) is 5.32 Å². The third-order valence-electron chi connectivity index (χ3n) is 2.52. The summed E-state index contributed by atoms with van der Waals surface area (Å²) in [6.07, 6.45) is 2.01. The van der Waals surface area contributed by atoms with Crippen molar-refractivity contribution >= 4 is 5.91 Å². The first-order chi connectivity index (χ1) is 7.74. The minimum atomic E-state index is 0.0484. The quantitative estimate of drug-likeness (QED) is 0.714. The van der Waals surface area contributed by atoms with E-state index in [-0.39, 0.29) is 12.5 Å². The van der Waals surface area contributed by atoms with Gasteiger partial charge in [-0.1, -0.05) is 24.3 Å². The summed E-state index contributed by atoms with van der Waals surface area (Å²) in [5.41, 5.74) is 2.22. The van der Waals surface area contributed by atoms with Gasteiger partial charge in [0, 0.05) is 13.2 Å². The summed E-state index contributed by atoms with van der Waals surface area (Å²) in [6, 6.07) is 7.90. The Bertz CT molecular complexity index is 336. The van der Waals surface area contributed by atoms with Gasteiger partial charge in [-0.05, 0) is 30.9 Å². The molecule has 0 aliphatic carbocycles. The molecule has 3 heteroatoms. The minimum Gasteiger partial charge on any atom is -0.396 e. The van der Waals surface area contributed by atoms with Gasteiger partial charge >= 0.3 is 0 Å². The molecule has 1 aromatic rings. The Hall–Kier alpha value is -1.35. The van der Waals surface area contributed by atoms with Gasteiger partial charge in [-0.2, -0.15) is 0 Å². The van der Waals surface area contributed by atoms with Crippen molar-refractivity contribution in [3.05, 3.63) is 35.4 Å². The van der Waals surface area contributed by atoms with Crippen LogP contribution in [0.3, 0.4) is 0 Å². The van der Waals surface area contributed by atoms with E-state index in [2.05, 4.69) is 5.32 Å². The summed E-state index contributed by atoms with van der Waals surface area (Å²) in [6.45, 7) is 2.84. The van der Waals surface area contributed by atoms with Crippen molar-refractivity contribution in [3.8, 4) is 0 Å². The Labute approximate surface area is 96.5 Å². The van der Waals surface area contributed by atoms with Gasteiger partial charge in [0.05, 0.1) is 6.42 Å². The number of carbonyl (C=O) groups excluding carboxylic acids is 1. The second kappa shape index (κ2) is 7.01. The third kappa shape index (κ3) is 4.45.